The summed E-state index contributed by atoms with van der Waals surface area (Å²) < 4.78 is 25.7. The van der Waals surface area contributed by atoms with Gasteiger partial charge in [0, 0.05) is 5.92 Å². The minimum Gasteiger partial charge on any atom is -0.296 e. The summed E-state index contributed by atoms with van der Waals surface area (Å²) in [6.07, 6.45) is 0.0527. The monoisotopic (exact) mass is 194 g/mol. The van der Waals surface area contributed by atoms with Gasteiger partial charge in [-0.1, -0.05) is 13.8 Å². The number of carbonyl (C=O) groups is 1. The van der Waals surface area contributed by atoms with E-state index >= 15 is 0 Å². The molecule has 0 rings (SSSR count). The summed E-state index contributed by atoms with van der Waals surface area (Å²) in [7, 11) is -3.52. The maximum absolute atomic E-state index is 11.1. The van der Waals surface area contributed by atoms with Crippen LogP contribution in [0.1, 0.15) is 20.8 Å². The van der Waals surface area contributed by atoms with Crippen molar-refractivity contribution in [2.45, 2.75) is 26.9 Å². The fourth-order valence-corrected chi connectivity index (χ4v) is 1.40. The number of Topliss-reactive ketones (excluding diaryl/α,β-unsaturated/α-hetero) is 1. The van der Waals surface area contributed by atoms with Crippen molar-refractivity contribution in [2.24, 2.45) is 5.92 Å². The van der Waals surface area contributed by atoms with Crippen molar-refractivity contribution in [1.82, 2.24) is 0 Å². The molecule has 1 unspecified atom stereocenters. The van der Waals surface area contributed by atoms with Crippen molar-refractivity contribution in [2.75, 3.05) is 6.26 Å². The van der Waals surface area contributed by atoms with Crippen LogP contribution in [-0.4, -0.2) is 26.6 Å². The van der Waals surface area contributed by atoms with Gasteiger partial charge in [-0.25, -0.2) is 0 Å². The summed E-state index contributed by atoms with van der Waals surface area (Å²) in [6, 6.07) is 0. The first kappa shape index (κ1) is 11.6. The van der Waals surface area contributed by atoms with Crippen molar-refractivity contribution >= 4 is 15.9 Å². The zero-order valence-electron chi connectivity index (χ0n) is 7.70. The van der Waals surface area contributed by atoms with Gasteiger partial charge in [-0.3, -0.25) is 8.98 Å². The Kier molecular flexibility index (Phi) is 3.86. The van der Waals surface area contributed by atoms with E-state index in [-0.39, 0.29) is 11.7 Å². The van der Waals surface area contributed by atoms with Crippen LogP contribution in [0.5, 0.6) is 0 Å². The fourth-order valence-electron chi connectivity index (χ4n) is 0.779. The number of rotatable bonds is 4. The van der Waals surface area contributed by atoms with E-state index in [9.17, 15) is 13.2 Å². The molecule has 0 radical (unpaired) electrons. The topological polar surface area (TPSA) is 60.4 Å². The molecule has 0 amide bonds. The Bertz CT molecular complexity index is 253. The van der Waals surface area contributed by atoms with Gasteiger partial charge in [0.25, 0.3) is 10.1 Å². The Balaban J connectivity index is 4.24. The van der Waals surface area contributed by atoms with Gasteiger partial charge in [-0.2, -0.15) is 8.42 Å². The molecule has 0 aromatic heterocycles. The van der Waals surface area contributed by atoms with Crippen LogP contribution < -0.4 is 0 Å². The molecule has 0 aliphatic rings. The molecule has 0 bridgehead atoms. The van der Waals surface area contributed by atoms with Crippen LogP contribution >= 0.6 is 0 Å². The second-order valence-corrected chi connectivity index (χ2v) is 4.60. The largest absolute Gasteiger partial charge is 0.296 e. The van der Waals surface area contributed by atoms with Crippen LogP contribution in [0.4, 0.5) is 0 Å². The molecule has 0 N–H and O–H groups in total. The van der Waals surface area contributed by atoms with Crippen LogP contribution in [0.3, 0.4) is 0 Å². The Labute approximate surface area is 73.0 Å². The molecule has 5 heteroatoms. The smallest absolute Gasteiger partial charge is 0.265 e. The molecule has 0 aromatic rings. The molecular weight excluding hydrogens is 180 g/mol. The Hall–Kier alpha value is -0.420. The van der Waals surface area contributed by atoms with Crippen LogP contribution in [0.2, 0.25) is 0 Å². The SMILES string of the molecule is CC(C)C(=O)C(C)OS(C)(=O)=O. The Morgan fingerprint density at radius 2 is 1.67 bits per heavy atom. The second kappa shape index (κ2) is 4.00. The molecule has 0 saturated carbocycles. The highest BCUT2D eigenvalue weighted by molar-refractivity contribution is 7.86. The minimum absolute atomic E-state index is 0.207. The van der Waals surface area contributed by atoms with E-state index in [4.69, 9.17) is 0 Å². The molecule has 0 heterocycles. The normalized spacial score (nSPS) is 14.8. The van der Waals surface area contributed by atoms with Gasteiger partial charge in [-0.05, 0) is 6.92 Å². The molecule has 0 saturated heterocycles. The quantitative estimate of drug-likeness (QED) is 0.614. The second-order valence-electron chi connectivity index (χ2n) is 3.00. The maximum atomic E-state index is 11.1. The van der Waals surface area contributed by atoms with E-state index in [0.717, 1.165) is 6.26 Å². The van der Waals surface area contributed by atoms with Gasteiger partial charge in [0.2, 0.25) is 0 Å². The standard InChI is InChI=1S/C7H14O4S/c1-5(2)7(8)6(3)11-12(4,9)10/h5-6H,1-4H3. The number of carbonyl (C=O) groups excluding carboxylic acids is 1. The highest BCUT2D eigenvalue weighted by Crippen LogP contribution is 2.05. The summed E-state index contributed by atoms with van der Waals surface area (Å²) >= 11 is 0. The number of hydrogen-bond donors (Lipinski definition) is 0. The average Bonchev–Trinajstić information content (AvgIpc) is 1.82. The molecule has 0 aliphatic carbocycles. The third-order valence-corrected chi connectivity index (χ3v) is 1.93. The Morgan fingerprint density at radius 3 is 1.92 bits per heavy atom. The van der Waals surface area contributed by atoms with Crippen molar-refractivity contribution in [1.29, 1.82) is 0 Å². The summed E-state index contributed by atoms with van der Waals surface area (Å²) in [6.45, 7) is 4.83. The van der Waals surface area contributed by atoms with Crippen LogP contribution in [0.25, 0.3) is 0 Å². The summed E-state index contributed by atoms with van der Waals surface area (Å²) in [4.78, 5) is 11.1. The summed E-state index contributed by atoms with van der Waals surface area (Å²) in [5, 5.41) is 0. The van der Waals surface area contributed by atoms with E-state index < -0.39 is 16.2 Å². The molecule has 0 spiro atoms. The zero-order chi connectivity index (χ0) is 9.94. The zero-order valence-corrected chi connectivity index (χ0v) is 8.51. The van der Waals surface area contributed by atoms with E-state index in [0.29, 0.717) is 0 Å². The number of ketones is 1. The molecular formula is C7H14O4S. The van der Waals surface area contributed by atoms with Gasteiger partial charge in [0.15, 0.2) is 5.78 Å². The van der Waals surface area contributed by atoms with Crippen molar-refractivity contribution in [3.63, 3.8) is 0 Å². The van der Waals surface area contributed by atoms with Crippen molar-refractivity contribution in [3.8, 4) is 0 Å². The third kappa shape index (κ3) is 4.46. The highest BCUT2D eigenvalue weighted by Gasteiger charge is 2.20. The van der Waals surface area contributed by atoms with Gasteiger partial charge in [0.1, 0.15) is 6.10 Å². The first-order valence-electron chi connectivity index (χ1n) is 3.66. The van der Waals surface area contributed by atoms with E-state index in [1.165, 1.54) is 6.92 Å². The van der Waals surface area contributed by atoms with Gasteiger partial charge in [0.05, 0.1) is 6.26 Å². The lowest BCUT2D eigenvalue weighted by Crippen LogP contribution is -2.27. The molecule has 72 valence electrons. The lowest BCUT2D eigenvalue weighted by molar-refractivity contribution is -0.127. The van der Waals surface area contributed by atoms with E-state index in [1.54, 1.807) is 13.8 Å². The van der Waals surface area contributed by atoms with E-state index in [1.807, 2.05) is 0 Å². The fraction of sp³-hybridized carbons (Fsp3) is 0.857. The molecule has 12 heavy (non-hydrogen) atoms. The van der Waals surface area contributed by atoms with Crippen LogP contribution in [-0.2, 0) is 19.1 Å². The molecule has 0 aliphatic heterocycles. The van der Waals surface area contributed by atoms with Crippen molar-refractivity contribution < 1.29 is 17.4 Å². The first-order valence-corrected chi connectivity index (χ1v) is 5.47. The molecule has 0 fully saturated rings. The molecule has 0 aromatic carbocycles. The van der Waals surface area contributed by atoms with Crippen molar-refractivity contribution in [3.05, 3.63) is 0 Å². The summed E-state index contributed by atoms with van der Waals surface area (Å²) in [5.74, 6) is -0.415. The average molecular weight is 194 g/mol. The highest BCUT2D eigenvalue weighted by atomic mass is 32.2. The first-order chi connectivity index (χ1) is 5.24. The van der Waals surface area contributed by atoms with Gasteiger partial charge >= 0.3 is 0 Å². The number of hydrogen-bond acceptors (Lipinski definition) is 4. The van der Waals surface area contributed by atoms with E-state index in [2.05, 4.69) is 4.18 Å². The molecule has 4 nitrogen and oxygen atoms in total. The molecule has 1 atom stereocenters. The van der Waals surface area contributed by atoms with Gasteiger partial charge < -0.3 is 0 Å². The lowest BCUT2D eigenvalue weighted by atomic mass is 10.1. The predicted molar refractivity (Wildman–Crippen MR) is 45.2 cm³/mol. The lowest BCUT2D eigenvalue weighted by Gasteiger charge is -2.11. The Morgan fingerprint density at radius 1 is 1.25 bits per heavy atom. The van der Waals surface area contributed by atoms with Gasteiger partial charge in [-0.15, -0.1) is 0 Å². The third-order valence-electron chi connectivity index (χ3n) is 1.29. The van der Waals surface area contributed by atoms with Crippen LogP contribution in [0.15, 0.2) is 0 Å². The predicted octanol–water partition coefficient (Wildman–Crippen LogP) is 0.576. The van der Waals surface area contributed by atoms with Crippen LogP contribution in [0, 0.1) is 5.92 Å². The summed E-state index contributed by atoms with van der Waals surface area (Å²) in [5.41, 5.74) is 0. The minimum atomic E-state index is -3.52. The maximum Gasteiger partial charge on any atom is 0.265 e.